The first-order valence-electron chi connectivity index (χ1n) is 26.9. The Hall–Kier alpha value is -7.56. The van der Waals surface area contributed by atoms with E-state index in [2.05, 4.69) is 101 Å². The number of nitrogens with one attached hydrogen (secondary N) is 1. The van der Waals surface area contributed by atoms with Crippen LogP contribution in [0, 0.1) is 5.82 Å². The van der Waals surface area contributed by atoms with Crippen LogP contribution in [0.25, 0.3) is 22.3 Å². The third kappa shape index (κ3) is 8.84. The van der Waals surface area contributed by atoms with Gasteiger partial charge in [-0.1, -0.05) is 91.0 Å². The van der Waals surface area contributed by atoms with Gasteiger partial charge in [-0.2, -0.15) is 5.10 Å². The number of aromatic nitrogens is 5. The van der Waals surface area contributed by atoms with Crippen molar-refractivity contribution in [3.05, 3.63) is 161 Å². The summed E-state index contributed by atoms with van der Waals surface area (Å²) in [6.07, 6.45) is 11.4. The van der Waals surface area contributed by atoms with Gasteiger partial charge < -0.3 is 28.9 Å². The molecular weight excluding hydrogens is 962 g/mol. The summed E-state index contributed by atoms with van der Waals surface area (Å²) in [5, 5.41) is 8.79. The number of anilines is 2. The van der Waals surface area contributed by atoms with Crippen molar-refractivity contribution in [2.75, 3.05) is 36.0 Å². The van der Waals surface area contributed by atoms with Gasteiger partial charge >= 0.3 is 0 Å². The number of pyridine rings is 1. The van der Waals surface area contributed by atoms with E-state index >= 15 is 4.39 Å². The maximum Gasteiger partial charge on any atom is 0.255 e. The minimum atomic E-state index is -0.875. The molecule has 76 heavy (non-hydrogen) atoms. The SMILES string of the molecule is CC1(Oc2cc3c(-c4cc(N5CCC(OC6CC(OC7CCN(c8ccc9c(c8F)CN(C8CCC(=O)NC8=O)C9=O)CC7)C6)CC5)ncn4)nn(C(c4ccccc4)(c4ccccc4)c4ccccc4)c3cn2)CC1. The van der Waals surface area contributed by atoms with Crippen LogP contribution in [0.3, 0.4) is 0 Å². The zero-order valence-electron chi connectivity index (χ0n) is 42.5. The predicted molar refractivity (Wildman–Crippen MR) is 283 cm³/mol. The Balaban J connectivity index is 0.659. The first-order valence-corrected chi connectivity index (χ1v) is 26.9. The molecule has 1 unspecified atom stereocenters. The Morgan fingerprint density at radius 2 is 1.30 bits per heavy atom. The summed E-state index contributed by atoms with van der Waals surface area (Å²) in [5.74, 6) is -0.248. The molecule has 1 N–H and O–H groups in total. The molecule has 0 radical (unpaired) electrons. The van der Waals surface area contributed by atoms with E-state index in [1.54, 1.807) is 18.5 Å². The van der Waals surface area contributed by atoms with Crippen LogP contribution in [0.2, 0.25) is 0 Å². The maximum absolute atomic E-state index is 16.1. The number of hydrogen-bond acceptors (Lipinski definition) is 12. The second-order valence-corrected chi connectivity index (χ2v) is 21.6. The summed E-state index contributed by atoms with van der Waals surface area (Å²) >= 11 is 0. The normalized spacial score (nSPS) is 21.9. The number of amides is 3. The van der Waals surface area contributed by atoms with Crippen LogP contribution < -0.4 is 19.9 Å². The molecule has 13 rings (SSSR count). The second-order valence-electron chi connectivity index (χ2n) is 21.6. The number of halogens is 1. The van der Waals surface area contributed by atoms with Crippen molar-refractivity contribution in [2.24, 2.45) is 0 Å². The zero-order valence-corrected chi connectivity index (χ0v) is 42.5. The third-order valence-corrected chi connectivity index (χ3v) is 16.6. The van der Waals surface area contributed by atoms with Crippen LogP contribution >= 0.6 is 0 Å². The molecule has 16 heteroatoms. The highest BCUT2D eigenvalue weighted by Gasteiger charge is 2.45. The van der Waals surface area contributed by atoms with Crippen molar-refractivity contribution in [1.82, 2.24) is 34.9 Å². The summed E-state index contributed by atoms with van der Waals surface area (Å²) < 4.78 is 37.9. The number of carbonyl (C=O) groups is 3. The number of piperidine rings is 3. The lowest BCUT2D eigenvalue weighted by atomic mass is 9.77. The molecule has 2 aliphatic carbocycles. The highest BCUT2D eigenvalue weighted by atomic mass is 19.1. The number of hydrogen-bond donors (Lipinski definition) is 1. The topological polar surface area (TPSA) is 157 Å². The molecule has 0 bridgehead atoms. The molecule has 5 fully saturated rings. The van der Waals surface area contributed by atoms with Gasteiger partial charge in [-0.15, -0.1) is 0 Å². The van der Waals surface area contributed by atoms with Crippen LogP contribution in [-0.2, 0) is 31.1 Å². The van der Waals surface area contributed by atoms with Crippen molar-refractivity contribution < 1.29 is 33.0 Å². The number of ether oxygens (including phenoxy) is 3. The summed E-state index contributed by atoms with van der Waals surface area (Å²) in [4.78, 5) is 57.8. The van der Waals surface area contributed by atoms with Gasteiger partial charge in [-0.05, 0) is 93.5 Å². The largest absolute Gasteiger partial charge is 0.471 e. The van der Waals surface area contributed by atoms with E-state index in [1.807, 2.05) is 35.4 Å². The van der Waals surface area contributed by atoms with E-state index in [9.17, 15) is 14.4 Å². The van der Waals surface area contributed by atoms with Gasteiger partial charge in [0.15, 0.2) is 5.82 Å². The van der Waals surface area contributed by atoms with Crippen LogP contribution in [0.4, 0.5) is 15.9 Å². The Labute approximate surface area is 440 Å². The van der Waals surface area contributed by atoms with Gasteiger partial charge in [-0.25, -0.2) is 24.0 Å². The fraction of sp³-hybridized carbons (Fsp3) is 0.383. The molecular formula is C60H60FN9O6. The molecule has 7 aromatic rings. The standard InChI is InChI=1S/C60H60FN9O6/c1-59(25-26-59)76-54-33-46-51(35-62-54)70(60(38-11-5-2-6-12-38,39-13-7-3-8-14-39)40-15-9-4-10-16-40)66-56(46)48-34-52(64-37-63-48)68-29-23-42(24-30-68)75-44-31-43(32-44)74-41-21-27-67(28-22-41)49-18-17-45-47(55(49)61)36-69(58(45)73)50-19-20-53(71)65-57(50)72/h2-18,33-35,37,41-44,50H,19-32,36H2,1H3,(H,65,71,72). The third-order valence-electron chi connectivity index (χ3n) is 16.6. The first-order chi connectivity index (χ1) is 37.1. The van der Waals surface area contributed by atoms with E-state index in [4.69, 9.17) is 34.3 Å². The number of nitrogens with zero attached hydrogens (tertiary/aromatic N) is 8. The monoisotopic (exact) mass is 1020 g/mol. The number of benzene rings is 4. The van der Waals surface area contributed by atoms with Gasteiger partial charge in [-0.3, -0.25) is 19.7 Å². The lowest BCUT2D eigenvalue weighted by molar-refractivity contribution is -0.149. The summed E-state index contributed by atoms with van der Waals surface area (Å²) in [6.45, 7) is 4.99. The summed E-state index contributed by atoms with van der Waals surface area (Å²) in [5.41, 5.74) is 5.41. The van der Waals surface area contributed by atoms with Crippen molar-refractivity contribution in [2.45, 2.75) is 119 Å². The van der Waals surface area contributed by atoms with E-state index in [-0.39, 0.29) is 66.8 Å². The van der Waals surface area contributed by atoms with Crippen molar-refractivity contribution in [3.8, 4) is 17.3 Å². The smallest absolute Gasteiger partial charge is 0.255 e. The van der Waals surface area contributed by atoms with Crippen molar-refractivity contribution in [1.29, 1.82) is 0 Å². The van der Waals surface area contributed by atoms with Crippen molar-refractivity contribution >= 4 is 40.1 Å². The minimum absolute atomic E-state index is 0.0103. The molecule has 4 aromatic carbocycles. The predicted octanol–water partition coefficient (Wildman–Crippen LogP) is 8.76. The Kier molecular flexibility index (Phi) is 12.4. The quantitative estimate of drug-likeness (QED) is 0.0818. The lowest BCUT2D eigenvalue weighted by Gasteiger charge is -2.42. The molecule has 6 aliphatic rings. The highest BCUT2D eigenvalue weighted by Crippen LogP contribution is 2.46. The fourth-order valence-electron chi connectivity index (χ4n) is 12.2. The number of imide groups is 1. The molecule has 15 nitrogen and oxygen atoms in total. The van der Waals surface area contributed by atoms with Gasteiger partial charge in [0.1, 0.15) is 35.0 Å². The van der Waals surface area contributed by atoms with Gasteiger partial charge in [0.25, 0.3) is 5.91 Å². The van der Waals surface area contributed by atoms with Gasteiger partial charge in [0, 0.05) is 61.2 Å². The Morgan fingerprint density at radius 1 is 0.697 bits per heavy atom. The fourth-order valence-corrected chi connectivity index (χ4v) is 12.2. The van der Waals surface area contributed by atoms with E-state index < -0.39 is 23.3 Å². The van der Waals surface area contributed by atoms with Gasteiger partial charge in [0.05, 0.1) is 54.1 Å². The van der Waals surface area contributed by atoms with Gasteiger partial charge in [0.2, 0.25) is 17.7 Å². The number of rotatable bonds is 14. The minimum Gasteiger partial charge on any atom is -0.471 e. The Morgan fingerprint density at radius 3 is 1.89 bits per heavy atom. The van der Waals surface area contributed by atoms with Crippen LogP contribution in [0.15, 0.2) is 128 Å². The van der Waals surface area contributed by atoms with E-state index in [1.165, 1.54) is 4.90 Å². The van der Waals surface area contributed by atoms with Crippen LogP contribution in [0.5, 0.6) is 5.88 Å². The molecule has 3 saturated heterocycles. The van der Waals surface area contributed by atoms with Crippen molar-refractivity contribution in [3.63, 3.8) is 0 Å². The number of fused-ring (bicyclic) bond motifs is 2. The molecule has 7 heterocycles. The van der Waals surface area contributed by atoms with E-state index in [0.29, 0.717) is 35.9 Å². The number of carbonyl (C=O) groups excluding carboxylic acids is 3. The summed E-state index contributed by atoms with van der Waals surface area (Å²) in [6, 6.07) is 38.3. The average molecular weight is 1020 g/mol. The van der Waals surface area contributed by atoms with Crippen LogP contribution in [0.1, 0.15) is 104 Å². The highest BCUT2D eigenvalue weighted by molar-refractivity contribution is 6.05. The van der Waals surface area contributed by atoms with E-state index in [0.717, 1.165) is 104 Å². The molecule has 3 aromatic heterocycles. The summed E-state index contributed by atoms with van der Waals surface area (Å²) in [7, 11) is 0. The average Bonchev–Trinajstić information content (AvgIpc) is 4.00. The zero-order chi connectivity index (χ0) is 51.5. The maximum atomic E-state index is 16.1. The molecule has 388 valence electrons. The Bertz CT molecular complexity index is 3220. The second kappa shape index (κ2) is 19.5. The molecule has 2 saturated carbocycles. The molecule has 1 atom stereocenters. The molecule has 4 aliphatic heterocycles. The first kappa shape index (κ1) is 48.1. The lowest BCUT2D eigenvalue weighted by Crippen LogP contribution is -2.52. The molecule has 3 amide bonds. The molecule has 0 spiro atoms. The van der Waals surface area contributed by atoms with Crippen LogP contribution in [-0.4, -0.2) is 110 Å².